The zero-order chi connectivity index (χ0) is 14.5. The number of aliphatic hydroxyl groups is 1. The van der Waals surface area contributed by atoms with E-state index in [1.54, 1.807) is 17.8 Å². The highest BCUT2D eigenvalue weighted by Gasteiger charge is 2.17. The quantitative estimate of drug-likeness (QED) is 0.879. The fraction of sp³-hybridized carbons (Fsp3) is 0.200. The van der Waals surface area contributed by atoms with E-state index in [0.717, 1.165) is 5.56 Å². The first-order chi connectivity index (χ1) is 9.65. The van der Waals surface area contributed by atoms with Crippen molar-refractivity contribution in [2.45, 2.75) is 6.04 Å². The van der Waals surface area contributed by atoms with Gasteiger partial charge in [0.15, 0.2) is 0 Å². The van der Waals surface area contributed by atoms with Crippen molar-refractivity contribution in [3.8, 4) is 6.07 Å². The highest BCUT2D eigenvalue weighted by atomic mass is 16.3. The third-order valence-corrected chi connectivity index (χ3v) is 3.06. The van der Waals surface area contributed by atoms with Crippen LogP contribution in [0.15, 0.2) is 42.6 Å². The number of carbonyl (C=O) groups is 1. The summed E-state index contributed by atoms with van der Waals surface area (Å²) in [7, 11) is 1.70. The lowest BCUT2D eigenvalue weighted by Gasteiger charge is -2.16. The molecular weight excluding hydrogens is 254 g/mol. The van der Waals surface area contributed by atoms with Gasteiger partial charge in [-0.2, -0.15) is 5.26 Å². The molecule has 1 atom stereocenters. The van der Waals surface area contributed by atoms with Crippen molar-refractivity contribution < 1.29 is 9.90 Å². The summed E-state index contributed by atoms with van der Waals surface area (Å²) in [4.78, 5) is 12.2. The molecule has 0 bridgehead atoms. The van der Waals surface area contributed by atoms with E-state index in [9.17, 15) is 9.90 Å². The van der Waals surface area contributed by atoms with Crippen molar-refractivity contribution in [3.05, 3.63) is 59.4 Å². The Bertz CT molecular complexity index is 641. The van der Waals surface area contributed by atoms with Gasteiger partial charge in [-0.1, -0.05) is 30.3 Å². The lowest BCUT2D eigenvalue weighted by Crippen LogP contribution is -2.31. The van der Waals surface area contributed by atoms with Crippen LogP contribution in [0.1, 0.15) is 27.7 Å². The maximum absolute atomic E-state index is 12.2. The average Bonchev–Trinajstić information content (AvgIpc) is 2.86. The molecule has 1 aromatic carbocycles. The summed E-state index contributed by atoms with van der Waals surface area (Å²) in [5, 5.41) is 21.0. The Balaban J connectivity index is 2.18. The number of aryl methyl sites for hydroxylation is 1. The van der Waals surface area contributed by atoms with Crippen molar-refractivity contribution in [2.24, 2.45) is 7.05 Å². The van der Waals surface area contributed by atoms with Crippen LogP contribution in [0.3, 0.4) is 0 Å². The molecule has 0 spiro atoms. The van der Waals surface area contributed by atoms with Gasteiger partial charge in [0.1, 0.15) is 11.8 Å². The summed E-state index contributed by atoms with van der Waals surface area (Å²) in [6.45, 7) is -0.189. The Kier molecular flexibility index (Phi) is 4.18. The molecule has 1 heterocycles. The highest BCUT2D eigenvalue weighted by Crippen LogP contribution is 2.13. The second-order valence-corrected chi connectivity index (χ2v) is 4.46. The van der Waals surface area contributed by atoms with Gasteiger partial charge in [-0.3, -0.25) is 4.79 Å². The van der Waals surface area contributed by atoms with Gasteiger partial charge >= 0.3 is 0 Å². The van der Waals surface area contributed by atoms with E-state index in [1.165, 1.54) is 6.07 Å². The number of nitrogens with one attached hydrogen (secondary N) is 1. The summed E-state index contributed by atoms with van der Waals surface area (Å²) in [5.74, 6) is -0.322. The second-order valence-electron chi connectivity index (χ2n) is 4.46. The molecule has 0 saturated carbocycles. The van der Waals surface area contributed by atoms with Gasteiger partial charge in [-0.25, -0.2) is 0 Å². The molecule has 2 N–H and O–H groups in total. The van der Waals surface area contributed by atoms with Crippen LogP contribution < -0.4 is 5.32 Å². The zero-order valence-electron chi connectivity index (χ0n) is 11.1. The van der Waals surface area contributed by atoms with Crippen LogP contribution in [0, 0.1) is 11.3 Å². The predicted molar refractivity (Wildman–Crippen MR) is 73.9 cm³/mol. The number of benzene rings is 1. The van der Waals surface area contributed by atoms with Gasteiger partial charge < -0.3 is 15.0 Å². The van der Waals surface area contributed by atoms with E-state index in [0.29, 0.717) is 11.3 Å². The SMILES string of the molecule is Cn1cc(C#N)cc1C(=O)N[C@H](CO)c1ccccc1. The fourth-order valence-electron chi connectivity index (χ4n) is 2.00. The van der Waals surface area contributed by atoms with E-state index < -0.39 is 6.04 Å². The van der Waals surface area contributed by atoms with Crippen molar-refractivity contribution in [3.63, 3.8) is 0 Å². The number of aliphatic hydroxyl groups excluding tert-OH is 1. The summed E-state index contributed by atoms with van der Waals surface area (Å²) in [5.41, 5.74) is 1.65. The topological polar surface area (TPSA) is 78.0 Å². The number of aromatic nitrogens is 1. The maximum atomic E-state index is 12.2. The lowest BCUT2D eigenvalue weighted by molar-refractivity contribution is 0.0908. The second kappa shape index (κ2) is 6.04. The first-order valence-corrected chi connectivity index (χ1v) is 6.19. The summed E-state index contributed by atoms with van der Waals surface area (Å²) >= 11 is 0. The van der Waals surface area contributed by atoms with Gasteiger partial charge in [0.05, 0.1) is 18.2 Å². The Labute approximate surface area is 117 Å². The smallest absolute Gasteiger partial charge is 0.268 e. The number of hydrogen-bond acceptors (Lipinski definition) is 3. The van der Waals surface area contributed by atoms with E-state index in [4.69, 9.17) is 5.26 Å². The minimum absolute atomic E-state index is 0.189. The first kappa shape index (κ1) is 13.8. The number of amides is 1. The van der Waals surface area contributed by atoms with E-state index in [2.05, 4.69) is 5.32 Å². The van der Waals surface area contributed by atoms with Gasteiger partial charge in [0.25, 0.3) is 5.91 Å². The maximum Gasteiger partial charge on any atom is 0.268 e. The molecule has 0 aliphatic carbocycles. The van der Waals surface area contributed by atoms with Crippen LogP contribution in [0.5, 0.6) is 0 Å². The van der Waals surface area contributed by atoms with Crippen molar-refractivity contribution >= 4 is 5.91 Å². The minimum Gasteiger partial charge on any atom is -0.394 e. The Morgan fingerprint density at radius 1 is 1.45 bits per heavy atom. The Morgan fingerprint density at radius 3 is 2.70 bits per heavy atom. The van der Waals surface area contributed by atoms with E-state index in [1.807, 2.05) is 36.4 Å². The number of nitriles is 1. The van der Waals surface area contributed by atoms with Crippen LogP contribution in [-0.2, 0) is 7.05 Å². The molecule has 2 rings (SSSR count). The highest BCUT2D eigenvalue weighted by molar-refractivity contribution is 5.93. The number of rotatable bonds is 4. The normalized spacial score (nSPS) is 11.7. The molecule has 102 valence electrons. The van der Waals surface area contributed by atoms with Gasteiger partial charge in [-0.15, -0.1) is 0 Å². The van der Waals surface area contributed by atoms with Gasteiger partial charge in [0, 0.05) is 13.2 Å². The summed E-state index contributed by atoms with van der Waals surface area (Å²) in [6, 6.07) is 12.3. The van der Waals surface area contributed by atoms with Gasteiger partial charge in [0.2, 0.25) is 0 Å². The standard InChI is InChI=1S/C15H15N3O2/c1-18-9-11(8-16)7-14(18)15(20)17-13(10-19)12-5-3-2-4-6-12/h2-7,9,13,19H,10H2,1H3,(H,17,20)/t13-/m1/s1. The van der Waals surface area contributed by atoms with Crippen molar-refractivity contribution in [2.75, 3.05) is 6.61 Å². The predicted octanol–water partition coefficient (Wildman–Crippen LogP) is 1.36. The molecule has 0 aliphatic rings. The molecule has 0 aliphatic heterocycles. The van der Waals surface area contributed by atoms with Crippen LogP contribution in [0.2, 0.25) is 0 Å². The lowest BCUT2D eigenvalue weighted by atomic mass is 10.1. The molecule has 0 radical (unpaired) electrons. The number of carbonyl (C=O) groups excluding carboxylic acids is 1. The van der Waals surface area contributed by atoms with Crippen LogP contribution >= 0.6 is 0 Å². The minimum atomic E-state index is -0.468. The Hall–Kier alpha value is -2.58. The monoisotopic (exact) mass is 269 g/mol. The molecule has 1 amide bonds. The summed E-state index contributed by atoms with van der Waals surface area (Å²) < 4.78 is 1.59. The van der Waals surface area contributed by atoms with Crippen LogP contribution in [0.25, 0.3) is 0 Å². The average molecular weight is 269 g/mol. The largest absolute Gasteiger partial charge is 0.394 e. The van der Waals surface area contributed by atoms with Crippen LogP contribution in [-0.4, -0.2) is 22.2 Å². The zero-order valence-corrected chi connectivity index (χ0v) is 11.1. The van der Waals surface area contributed by atoms with Crippen molar-refractivity contribution in [1.29, 1.82) is 5.26 Å². The molecule has 0 fully saturated rings. The molecular formula is C15H15N3O2. The Morgan fingerprint density at radius 2 is 2.15 bits per heavy atom. The molecule has 0 unspecified atom stereocenters. The van der Waals surface area contributed by atoms with E-state index >= 15 is 0 Å². The first-order valence-electron chi connectivity index (χ1n) is 6.19. The van der Waals surface area contributed by atoms with E-state index in [-0.39, 0.29) is 12.5 Å². The molecule has 0 saturated heterocycles. The molecule has 5 heteroatoms. The van der Waals surface area contributed by atoms with Gasteiger partial charge in [-0.05, 0) is 11.6 Å². The molecule has 5 nitrogen and oxygen atoms in total. The van der Waals surface area contributed by atoms with Crippen LogP contribution in [0.4, 0.5) is 0 Å². The summed E-state index contributed by atoms with van der Waals surface area (Å²) in [6.07, 6.45) is 1.59. The molecule has 20 heavy (non-hydrogen) atoms. The van der Waals surface area contributed by atoms with Crippen molar-refractivity contribution in [1.82, 2.24) is 9.88 Å². The fourth-order valence-corrected chi connectivity index (χ4v) is 2.00. The third kappa shape index (κ3) is 2.87. The number of hydrogen-bond donors (Lipinski definition) is 2. The molecule has 2 aromatic rings. The third-order valence-electron chi connectivity index (χ3n) is 3.06. The number of nitrogens with zero attached hydrogens (tertiary/aromatic N) is 2. The molecule has 1 aromatic heterocycles.